The summed E-state index contributed by atoms with van der Waals surface area (Å²) in [7, 11) is 0. The largest absolute Gasteiger partial charge is 0.484 e. The molecule has 0 saturated heterocycles. The van der Waals surface area contributed by atoms with Crippen LogP contribution in [-0.4, -0.2) is 29.6 Å². The Morgan fingerprint density at radius 3 is 2.70 bits per heavy atom. The molecule has 1 aromatic heterocycles. The Morgan fingerprint density at radius 2 is 2.00 bits per heavy atom. The fourth-order valence-electron chi connectivity index (χ4n) is 3.45. The summed E-state index contributed by atoms with van der Waals surface area (Å²) in [5.41, 5.74) is 1.93. The maximum Gasteiger partial charge on any atom is 0.339 e. The smallest absolute Gasteiger partial charge is 0.339 e. The van der Waals surface area contributed by atoms with Crippen LogP contribution in [-0.2, 0) is 22.4 Å². The van der Waals surface area contributed by atoms with E-state index in [0.717, 1.165) is 42.2 Å². The molecular weight excluding hydrogens is 350 g/mol. The molecule has 0 radical (unpaired) electrons. The van der Waals surface area contributed by atoms with Crippen molar-refractivity contribution in [2.45, 2.75) is 51.5 Å². The number of ether oxygens (including phenoxy) is 1. The van der Waals surface area contributed by atoms with Gasteiger partial charge in [0.1, 0.15) is 17.4 Å². The molecular formula is C20H23NO6. The average Bonchev–Trinajstić information content (AvgIpc) is 2.66. The van der Waals surface area contributed by atoms with Crippen molar-refractivity contribution in [2.75, 3.05) is 6.61 Å². The van der Waals surface area contributed by atoms with Crippen LogP contribution in [0.1, 0.15) is 43.7 Å². The summed E-state index contributed by atoms with van der Waals surface area (Å²) in [4.78, 5) is 35.2. The van der Waals surface area contributed by atoms with Crippen LogP contribution in [0.15, 0.2) is 27.4 Å². The van der Waals surface area contributed by atoms with Gasteiger partial charge in [-0.1, -0.05) is 13.3 Å². The van der Waals surface area contributed by atoms with E-state index in [2.05, 4.69) is 5.32 Å². The summed E-state index contributed by atoms with van der Waals surface area (Å²) in [5, 5.41) is 12.4. The van der Waals surface area contributed by atoms with Crippen LogP contribution in [0.25, 0.3) is 11.0 Å². The number of nitrogens with one attached hydrogen (secondary N) is 1. The second-order valence-corrected chi connectivity index (χ2v) is 6.75. The Labute approximate surface area is 156 Å². The van der Waals surface area contributed by atoms with Gasteiger partial charge in [0, 0.05) is 17.0 Å². The van der Waals surface area contributed by atoms with Gasteiger partial charge in [-0.3, -0.25) is 4.79 Å². The van der Waals surface area contributed by atoms with Crippen molar-refractivity contribution < 1.29 is 23.8 Å². The first kappa shape index (κ1) is 18.9. The van der Waals surface area contributed by atoms with Crippen LogP contribution in [0.2, 0.25) is 0 Å². The van der Waals surface area contributed by atoms with Crippen molar-refractivity contribution in [2.24, 2.45) is 0 Å². The van der Waals surface area contributed by atoms with Gasteiger partial charge in [0.2, 0.25) is 0 Å². The van der Waals surface area contributed by atoms with Gasteiger partial charge in [0.15, 0.2) is 6.61 Å². The molecule has 0 aliphatic heterocycles. The average molecular weight is 373 g/mol. The number of carbonyl (C=O) groups excluding carboxylic acids is 1. The van der Waals surface area contributed by atoms with Crippen LogP contribution in [0.5, 0.6) is 5.75 Å². The molecule has 0 spiro atoms. The van der Waals surface area contributed by atoms with E-state index in [4.69, 9.17) is 14.3 Å². The van der Waals surface area contributed by atoms with Gasteiger partial charge in [0.05, 0.1) is 0 Å². The van der Waals surface area contributed by atoms with Crippen LogP contribution in [0, 0.1) is 0 Å². The zero-order valence-corrected chi connectivity index (χ0v) is 15.2. The predicted octanol–water partition coefficient (Wildman–Crippen LogP) is 2.42. The molecule has 1 aliphatic carbocycles. The van der Waals surface area contributed by atoms with Gasteiger partial charge in [-0.2, -0.15) is 0 Å². The minimum atomic E-state index is -1.07. The lowest BCUT2D eigenvalue weighted by Crippen LogP contribution is -2.42. The molecule has 3 rings (SSSR count). The normalized spacial score (nSPS) is 14.4. The Kier molecular flexibility index (Phi) is 5.78. The summed E-state index contributed by atoms with van der Waals surface area (Å²) in [6.45, 7) is 1.54. The summed E-state index contributed by atoms with van der Waals surface area (Å²) in [6, 6.07) is 4.24. The van der Waals surface area contributed by atoms with E-state index in [1.165, 1.54) is 0 Å². The molecule has 0 unspecified atom stereocenters. The van der Waals surface area contributed by atoms with Crippen LogP contribution in [0.3, 0.4) is 0 Å². The highest BCUT2D eigenvalue weighted by Gasteiger charge is 2.20. The number of hydrogen-bond acceptors (Lipinski definition) is 5. The third-order valence-corrected chi connectivity index (χ3v) is 4.78. The zero-order valence-electron chi connectivity index (χ0n) is 15.2. The number of amides is 1. The number of carboxylic acid groups (broad SMARTS) is 1. The molecule has 1 heterocycles. The number of benzene rings is 1. The number of carboxylic acids is 1. The highest BCUT2D eigenvalue weighted by Crippen LogP contribution is 2.29. The third-order valence-electron chi connectivity index (χ3n) is 4.78. The molecule has 2 aromatic rings. The quantitative estimate of drug-likeness (QED) is 0.722. The van der Waals surface area contributed by atoms with Crippen LogP contribution >= 0.6 is 0 Å². The Hall–Kier alpha value is -2.83. The number of hydrogen-bond donors (Lipinski definition) is 2. The van der Waals surface area contributed by atoms with E-state index in [0.29, 0.717) is 24.2 Å². The minimum absolute atomic E-state index is 0.309. The summed E-state index contributed by atoms with van der Waals surface area (Å²) in [6.07, 6.45) is 4.64. The maximum atomic E-state index is 12.2. The predicted molar refractivity (Wildman–Crippen MR) is 99.1 cm³/mol. The first-order chi connectivity index (χ1) is 13.0. The maximum absolute atomic E-state index is 12.2. The molecule has 1 amide bonds. The molecule has 1 atom stereocenters. The van der Waals surface area contributed by atoms with Gasteiger partial charge in [-0.15, -0.1) is 0 Å². The number of rotatable bonds is 7. The van der Waals surface area contributed by atoms with Gasteiger partial charge < -0.3 is 19.6 Å². The molecule has 0 bridgehead atoms. The lowest BCUT2D eigenvalue weighted by molar-refractivity contribution is -0.142. The number of aliphatic carboxylic acids is 1. The molecule has 144 valence electrons. The molecule has 1 aliphatic rings. The first-order valence-electron chi connectivity index (χ1n) is 9.23. The van der Waals surface area contributed by atoms with E-state index < -0.39 is 17.9 Å². The van der Waals surface area contributed by atoms with Crippen molar-refractivity contribution >= 4 is 22.8 Å². The van der Waals surface area contributed by atoms with Crippen LogP contribution in [0.4, 0.5) is 0 Å². The van der Waals surface area contributed by atoms with Gasteiger partial charge in [-0.05, 0) is 49.8 Å². The Morgan fingerprint density at radius 1 is 1.26 bits per heavy atom. The van der Waals surface area contributed by atoms with Crippen molar-refractivity contribution in [1.82, 2.24) is 5.32 Å². The van der Waals surface area contributed by atoms with E-state index in [-0.39, 0.29) is 12.2 Å². The SMILES string of the molecule is CCC[C@H](NC(=O)COc1ccc2c3c(c(=O)oc2c1)CCCC3)C(=O)O. The molecule has 7 heteroatoms. The number of fused-ring (bicyclic) bond motifs is 3. The molecule has 0 saturated carbocycles. The van der Waals surface area contributed by atoms with E-state index >= 15 is 0 Å². The molecule has 0 fully saturated rings. The fourth-order valence-corrected chi connectivity index (χ4v) is 3.45. The van der Waals surface area contributed by atoms with E-state index in [9.17, 15) is 14.4 Å². The Balaban J connectivity index is 1.72. The molecule has 27 heavy (non-hydrogen) atoms. The number of aryl methyl sites for hydroxylation is 1. The van der Waals surface area contributed by atoms with Gasteiger partial charge >= 0.3 is 11.6 Å². The second kappa shape index (κ2) is 8.24. The van der Waals surface area contributed by atoms with Crippen molar-refractivity contribution in [3.05, 3.63) is 39.7 Å². The second-order valence-electron chi connectivity index (χ2n) is 6.75. The first-order valence-corrected chi connectivity index (χ1v) is 9.23. The van der Waals surface area contributed by atoms with Crippen molar-refractivity contribution in [1.29, 1.82) is 0 Å². The summed E-state index contributed by atoms with van der Waals surface area (Å²) < 4.78 is 10.9. The standard InChI is InChI=1S/C20H23NO6/c1-2-5-16(19(23)24)21-18(22)11-26-12-8-9-14-13-6-3-4-7-15(13)20(25)27-17(14)10-12/h8-10,16H,2-7,11H2,1H3,(H,21,22)(H,23,24)/t16-/m0/s1. The highest BCUT2D eigenvalue weighted by molar-refractivity contribution is 5.85. The van der Waals surface area contributed by atoms with Crippen LogP contribution < -0.4 is 15.7 Å². The lowest BCUT2D eigenvalue weighted by atomic mass is 9.91. The van der Waals surface area contributed by atoms with Crippen molar-refractivity contribution in [3.8, 4) is 5.75 Å². The monoisotopic (exact) mass is 373 g/mol. The van der Waals surface area contributed by atoms with E-state index in [1.807, 2.05) is 13.0 Å². The zero-order chi connectivity index (χ0) is 19.4. The van der Waals surface area contributed by atoms with Gasteiger partial charge in [-0.25, -0.2) is 9.59 Å². The fraction of sp³-hybridized carbons (Fsp3) is 0.450. The Bertz CT molecular complexity index is 917. The molecule has 1 aromatic carbocycles. The molecule has 7 nitrogen and oxygen atoms in total. The van der Waals surface area contributed by atoms with E-state index in [1.54, 1.807) is 12.1 Å². The summed E-state index contributed by atoms with van der Waals surface area (Å²) in [5.74, 6) is -1.19. The topological polar surface area (TPSA) is 106 Å². The third kappa shape index (κ3) is 4.30. The van der Waals surface area contributed by atoms with Crippen molar-refractivity contribution in [3.63, 3.8) is 0 Å². The summed E-state index contributed by atoms with van der Waals surface area (Å²) >= 11 is 0. The molecule has 2 N–H and O–H groups in total. The number of carbonyl (C=O) groups is 2. The van der Waals surface area contributed by atoms with Gasteiger partial charge in [0.25, 0.3) is 5.91 Å². The highest BCUT2D eigenvalue weighted by atomic mass is 16.5. The lowest BCUT2D eigenvalue weighted by Gasteiger charge is -2.16. The minimum Gasteiger partial charge on any atom is -0.484 e.